The number of aromatic nitrogens is 3. The average Bonchev–Trinajstić information content (AvgIpc) is 3.14. The molecule has 2 N–H and O–H groups in total. The van der Waals surface area contributed by atoms with Crippen LogP contribution in [0.15, 0.2) is 29.5 Å². The number of benzene rings is 1. The Morgan fingerprint density at radius 3 is 2.79 bits per heavy atom. The van der Waals surface area contributed by atoms with Crippen molar-refractivity contribution >= 4 is 5.96 Å². The molecule has 0 bridgehead atoms. The monoisotopic (exact) mass is 400 g/mol. The molecule has 7 nitrogen and oxygen atoms in total. The number of aliphatic imine (C=N–C) groups is 1. The molecule has 7 heteroatoms. The number of nitrogens with zero attached hydrogens (tertiary/aromatic N) is 4. The molecule has 0 fully saturated rings. The lowest BCUT2D eigenvalue weighted by molar-refractivity contribution is 0.287. The summed E-state index contributed by atoms with van der Waals surface area (Å²) in [4.78, 5) is 4.75. The zero-order valence-electron chi connectivity index (χ0n) is 18.5. The molecule has 0 saturated heterocycles. The van der Waals surface area contributed by atoms with Gasteiger partial charge in [0.25, 0.3) is 0 Å². The molecular weight excluding hydrogens is 364 g/mol. The predicted molar refractivity (Wildman–Crippen MR) is 118 cm³/mol. The second kappa shape index (κ2) is 12.1. The van der Waals surface area contributed by atoms with Gasteiger partial charge >= 0.3 is 0 Å². The third kappa shape index (κ3) is 7.75. The summed E-state index contributed by atoms with van der Waals surface area (Å²) in [6, 6.07) is 6.32. The Hall–Kier alpha value is -2.57. The molecule has 1 heterocycles. The highest BCUT2D eigenvalue weighted by atomic mass is 16.5. The first-order valence-electron chi connectivity index (χ1n) is 10.6. The van der Waals surface area contributed by atoms with Crippen molar-refractivity contribution in [2.75, 3.05) is 19.7 Å². The molecule has 0 aliphatic carbocycles. The summed E-state index contributed by atoms with van der Waals surface area (Å²) in [5.74, 6) is 3.36. The van der Waals surface area contributed by atoms with E-state index in [9.17, 15) is 0 Å². The van der Waals surface area contributed by atoms with Gasteiger partial charge in [-0.1, -0.05) is 32.9 Å². The minimum absolute atomic E-state index is 0.569. The van der Waals surface area contributed by atoms with Crippen LogP contribution in [0.1, 0.15) is 51.1 Å². The number of hydrogen-bond donors (Lipinski definition) is 2. The van der Waals surface area contributed by atoms with Crippen LogP contribution in [0, 0.1) is 12.8 Å². The van der Waals surface area contributed by atoms with E-state index in [1.807, 2.05) is 0 Å². The first-order valence-corrected chi connectivity index (χ1v) is 10.6. The highest BCUT2D eigenvalue weighted by Gasteiger charge is 2.07. The van der Waals surface area contributed by atoms with E-state index in [1.54, 1.807) is 6.33 Å². The quantitative estimate of drug-likeness (QED) is 0.447. The SMILES string of the molecule is CCNC(=NCc1ccc(C)cc1OCCC(C)C)NCCn1cnnc1CC. The van der Waals surface area contributed by atoms with E-state index in [4.69, 9.17) is 9.73 Å². The van der Waals surface area contributed by atoms with Gasteiger partial charge < -0.3 is 19.9 Å². The molecule has 0 aliphatic heterocycles. The maximum atomic E-state index is 6.05. The van der Waals surface area contributed by atoms with Crippen molar-refractivity contribution in [1.82, 2.24) is 25.4 Å². The number of nitrogens with one attached hydrogen (secondary N) is 2. The van der Waals surface area contributed by atoms with E-state index < -0.39 is 0 Å². The van der Waals surface area contributed by atoms with Gasteiger partial charge in [0.05, 0.1) is 13.2 Å². The van der Waals surface area contributed by atoms with Crippen LogP contribution in [0.5, 0.6) is 5.75 Å². The van der Waals surface area contributed by atoms with Gasteiger partial charge in [0.1, 0.15) is 17.9 Å². The molecule has 2 rings (SSSR count). The summed E-state index contributed by atoms with van der Waals surface area (Å²) in [5.41, 5.74) is 2.30. The van der Waals surface area contributed by atoms with Gasteiger partial charge in [-0.25, -0.2) is 4.99 Å². The van der Waals surface area contributed by atoms with Crippen molar-refractivity contribution in [2.45, 2.75) is 60.5 Å². The normalized spacial score (nSPS) is 11.7. The smallest absolute Gasteiger partial charge is 0.191 e. The highest BCUT2D eigenvalue weighted by molar-refractivity contribution is 5.79. The van der Waals surface area contributed by atoms with Crippen LogP contribution < -0.4 is 15.4 Å². The van der Waals surface area contributed by atoms with Crippen LogP contribution in [0.25, 0.3) is 0 Å². The van der Waals surface area contributed by atoms with Gasteiger partial charge in [-0.05, 0) is 37.8 Å². The number of guanidine groups is 1. The topological polar surface area (TPSA) is 76.4 Å². The van der Waals surface area contributed by atoms with Crippen molar-refractivity contribution in [1.29, 1.82) is 0 Å². The molecule has 160 valence electrons. The van der Waals surface area contributed by atoms with Gasteiger partial charge in [-0.15, -0.1) is 10.2 Å². The van der Waals surface area contributed by atoms with E-state index in [1.165, 1.54) is 5.56 Å². The summed E-state index contributed by atoms with van der Waals surface area (Å²) < 4.78 is 8.12. The zero-order valence-corrected chi connectivity index (χ0v) is 18.5. The summed E-state index contributed by atoms with van der Waals surface area (Å²) in [6.45, 7) is 14.3. The fraction of sp³-hybridized carbons (Fsp3) is 0.591. The lowest BCUT2D eigenvalue weighted by Gasteiger charge is -2.14. The Kier molecular flexibility index (Phi) is 9.47. The van der Waals surface area contributed by atoms with Crippen LogP contribution >= 0.6 is 0 Å². The van der Waals surface area contributed by atoms with Gasteiger partial charge in [0.15, 0.2) is 5.96 Å². The van der Waals surface area contributed by atoms with Crippen molar-refractivity contribution in [3.05, 3.63) is 41.5 Å². The van der Waals surface area contributed by atoms with Gasteiger partial charge in [0.2, 0.25) is 0 Å². The minimum atomic E-state index is 0.569. The predicted octanol–water partition coefficient (Wildman–Crippen LogP) is 3.33. The van der Waals surface area contributed by atoms with Crippen molar-refractivity contribution in [3.8, 4) is 5.75 Å². The molecule has 0 radical (unpaired) electrons. The average molecular weight is 401 g/mol. The molecule has 0 aliphatic rings. The lowest BCUT2D eigenvalue weighted by atomic mass is 10.1. The van der Waals surface area contributed by atoms with E-state index in [0.29, 0.717) is 12.5 Å². The fourth-order valence-corrected chi connectivity index (χ4v) is 2.87. The Labute approximate surface area is 175 Å². The zero-order chi connectivity index (χ0) is 21.1. The standard InChI is InChI=1S/C22H36N6O/c1-6-21-27-26-16-28(21)12-11-24-22(23-7-2)25-15-19-9-8-18(5)14-20(19)29-13-10-17(3)4/h8-9,14,16-17H,6-7,10-13,15H2,1-5H3,(H2,23,24,25). The van der Waals surface area contributed by atoms with Crippen LogP contribution in [0.4, 0.5) is 0 Å². The third-order valence-electron chi connectivity index (χ3n) is 4.58. The Morgan fingerprint density at radius 2 is 2.07 bits per heavy atom. The van der Waals surface area contributed by atoms with Crippen LogP contribution in [-0.4, -0.2) is 40.4 Å². The van der Waals surface area contributed by atoms with Crippen LogP contribution in [0.2, 0.25) is 0 Å². The number of hydrogen-bond acceptors (Lipinski definition) is 4. The summed E-state index contributed by atoms with van der Waals surface area (Å²) in [6.07, 6.45) is 3.70. The van der Waals surface area contributed by atoms with Crippen LogP contribution in [-0.2, 0) is 19.5 Å². The molecule has 2 aromatic rings. The fourth-order valence-electron chi connectivity index (χ4n) is 2.87. The number of rotatable bonds is 11. The summed E-state index contributed by atoms with van der Waals surface area (Å²) >= 11 is 0. The maximum Gasteiger partial charge on any atom is 0.191 e. The number of aryl methyl sites for hydroxylation is 2. The Morgan fingerprint density at radius 1 is 1.24 bits per heavy atom. The second-order valence-electron chi connectivity index (χ2n) is 7.56. The molecule has 0 unspecified atom stereocenters. The molecule has 0 spiro atoms. The molecule has 1 aromatic heterocycles. The summed E-state index contributed by atoms with van der Waals surface area (Å²) in [7, 11) is 0. The minimum Gasteiger partial charge on any atom is -0.493 e. The first-order chi connectivity index (χ1) is 14.0. The van der Waals surface area contributed by atoms with E-state index in [-0.39, 0.29) is 0 Å². The van der Waals surface area contributed by atoms with Crippen molar-refractivity contribution in [2.24, 2.45) is 10.9 Å². The highest BCUT2D eigenvalue weighted by Crippen LogP contribution is 2.22. The van der Waals surface area contributed by atoms with E-state index >= 15 is 0 Å². The van der Waals surface area contributed by atoms with Gasteiger partial charge in [0, 0.05) is 31.6 Å². The molecule has 29 heavy (non-hydrogen) atoms. The van der Waals surface area contributed by atoms with Crippen molar-refractivity contribution < 1.29 is 4.74 Å². The maximum absolute atomic E-state index is 6.05. The molecule has 0 amide bonds. The first kappa shape index (κ1) is 22.7. The van der Waals surface area contributed by atoms with Gasteiger partial charge in [-0.3, -0.25) is 0 Å². The Bertz CT molecular complexity index is 768. The van der Waals surface area contributed by atoms with E-state index in [2.05, 4.69) is 78.2 Å². The van der Waals surface area contributed by atoms with Crippen molar-refractivity contribution in [3.63, 3.8) is 0 Å². The summed E-state index contributed by atoms with van der Waals surface area (Å²) in [5, 5.41) is 14.8. The molecule has 0 atom stereocenters. The van der Waals surface area contributed by atoms with E-state index in [0.717, 1.165) is 62.2 Å². The Balaban J connectivity index is 1.97. The molecule has 0 saturated carbocycles. The van der Waals surface area contributed by atoms with Gasteiger partial charge in [-0.2, -0.15) is 0 Å². The molecular formula is C22H36N6O. The largest absolute Gasteiger partial charge is 0.493 e. The number of ether oxygens (including phenoxy) is 1. The molecule has 1 aromatic carbocycles. The van der Waals surface area contributed by atoms with Crippen LogP contribution in [0.3, 0.4) is 0 Å². The third-order valence-corrected chi connectivity index (χ3v) is 4.58. The lowest BCUT2D eigenvalue weighted by Crippen LogP contribution is -2.38. The second-order valence-corrected chi connectivity index (χ2v) is 7.56.